The summed E-state index contributed by atoms with van der Waals surface area (Å²) in [5.74, 6) is 0.151. The van der Waals surface area contributed by atoms with Crippen LogP contribution in [-0.2, 0) is 27.3 Å². The third-order valence-corrected chi connectivity index (χ3v) is 10.7. The highest BCUT2D eigenvalue weighted by molar-refractivity contribution is 6.08. The van der Waals surface area contributed by atoms with Gasteiger partial charge in [0.15, 0.2) is 0 Å². The monoisotopic (exact) mass is 788 g/mol. The Balaban J connectivity index is 1.41. The molecule has 9 nitrogen and oxygen atoms in total. The Kier molecular flexibility index (Phi) is 12.8. The van der Waals surface area contributed by atoms with E-state index < -0.39 is 24.2 Å². The first-order valence-corrected chi connectivity index (χ1v) is 19.8. The molecule has 59 heavy (non-hydrogen) atoms. The topological polar surface area (TPSA) is 106 Å². The molecule has 0 radical (unpaired) electrons. The average Bonchev–Trinajstić information content (AvgIpc) is 3.59. The number of hydrogen-bond acceptors (Lipinski definition) is 7. The number of carbonyl (C=O) groups is 3. The second-order valence-corrected chi connectivity index (χ2v) is 14.6. The van der Waals surface area contributed by atoms with E-state index in [0.29, 0.717) is 34.7 Å². The van der Waals surface area contributed by atoms with E-state index in [9.17, 15) is 9.90 Å². The number of nitrogens with zero attached hydrogens (tertiary/aromatic N) is 2. The Labute approximate surface area is 345 Å². The Hall–Kier alpha value is -6.71. The van der Waals surface area contributed by atoms with Gasteiger partial charge in [0.05, 0.1) is 37.9 Å². The van der Waals surface area contributed by atoms with E-state index >= 15 is 9.59 Å². The molecule has 1 heterocycles. The maximum absolute atomic E-state index is 15.2. The number of ether oxygens (including phenoxy) is 3. The van der Waals surface area contributed by atoms with Crippen LogP contribution in [0.15, 0.2) is 152 Å². The van der Waals surface area contributed by atoms with Crippen LogP contribution in [-0.4, -0.2) is 60.3 Å². The van der Waals surface area contributed by atoms with Crippen LogP contribution in [0.3, 0.4) is 0 Å². The maximum Gasteiger partial charge on any atom is 0.302 e. The van der Waals surface area contributed by atoms with Crippen LogP contribution < -0.4 is 14.4 Å². The normalized spacial score (nSPS) is 14.9. The van der Waals surface area contributed by atoms with Gasteiger partial charge in [0.1, 0.15) is 17.6 Å². The molecule has 0 bridgehead atoms. The number of benzene rings is 6. The number of carbonyl (C=O) groups excluding carboxylic acids is 3. The fourth-order valence-electron chi connectivity index (χ4n) is 7.97. The minimum Gasteiger partial charge on any atom is -0.497 e. The van der Waals surface area contributed by atoms with Gasteiger partial charge in [0, 0.05) is 44.0 Å². The third-order valence-electron chi connectivity index (χ3n) is 10.7. The van der Waals surface area contributed by atoms with Gasteiger partial charge in [-0.1, -0.05) is 103 Å². The molecule has 0 aliphatic carbocycles. The molecule has 1 aliphatic heterocycles. The Morgan fingerprint density at radius 1 is 0.831 bits per heavy atom. The van der Waals surface area contributed by atoms with E-state index in [-0.39, 0.29) is 44.4 Å². The molecular formula is C50H48N2O7. The predicted octanol–water partition coefficient (Wildman–Crippen LogP) is 9.13. The van der Waals surface area contributed by atoms with Crippen molar-refractivity contribution in [2.24, 2.45) is 0 Å². The first-order valence-electron chi connectivity index (χ1n) is 19.8. The summed E-state index contributed by atoms with van der Waals surface area (Å²) in [7, 11) is 1.60. The molecule has 1 N–H and O–H groups in total. The molecule has 0 saturated carbocycles. The van der Waals surface area contributed by atoms with E-state index in [1.165, 1.54) is 6.92 Å². The number of hydrogen-bond donors (Lipinski definition) is 1. The molecule has 2 amide bonds. The van der Waals surface area contributed by atoms with Gasteiger partial charge in [-0.3, -0.25) is 19.3 Å². The van der Waals surface area contributed by atoms with Crippen molar-refractivity contribution in [2.45, 2.75) is 50.9 Å². The lowest BCUT2D eigenvalue weighted by Gasteiger charge is -2.39. The number of amides is 2. The number of methoxy groups -OCH3 is 1. The van der Waals surface area contributed by atoms with Crippen LogP contribution in [0.25, 0.3) is 21.9 Å². The molecule has 300 valence electrons. The fraction of sp³-hybridized carbons (Fsp3) is 0.220. The minimum absolute atomic E-state index is 0.0364. The van der Waals surface area contributed by atoms with Crippen molar-refractivity contribution in [1.29, 1.82) is 0 Å². The second-order valence-electron chi connectivity index (χ2n) is 14.6. The van der Waals surface area contributed by atoms with E-state index in [0.717, 1.165) is 33.0 Å². The first kappa shape index (κ1) is 40.5. The summed E-state index contributed by atoms with van der Waals surface area (Å²) in [6.07, 6.45) is 1.46. The number of rotatable bonds is 16. The Morgan fingerprint density at radius 2 is 1.53 bits per heavy atom. The maximum atomic E-state index is 15.2. The number of fused-ring (bicyclic) bond motifs is 2. The quantitative estimate of drug-likeness (QED) is 0.0593. The van der Waals surface area contributed by atoms with Crippen molar-refractivity contribution < 1.29 is 33.7 Å². The molecule has 0 spiro atoms. The summed E-state index contributed by atoms with van der Waals surface area (Å²) in [4.78, 5) is 46.8. The van der Waals surface area contributed by atoms with Crippen LogP contribution in [0.1, 0.15) is 52.9 Å². The first-order chi connectivity index (χ1) is 28.8. The zero-order chi connectivity index (χ0) is 41.3. The van der Waals surface area contributed by atoms with Crippen molar-refractivity contribution in [3.8, 4) is 22.6 Å². The molecule has 1 unspecified atom stereocenters. The SMILES string of the molecule is C=CCC(OC(C)=O)[C@@H]1[C@@H](N(Cc2cccc3ccccc23)C(=O)Cc2ccc(OC)cc2)c2cc(OCCCO)ccc2N1C(=O)c1ccc(-c2ccccc2)cc1. The number of aliphatic hydroxyl groups excluding tert-OH is 1. The lowest BCUT2D eigenvalue weighted by molar-refractivity contribution is -0.148. The average molecular weight is 789 g/mol. The number of aliphatic hydroxyl groups is 1. The highest BCUT2D eigenvalue weighted by Crippen LogP contribution is 2.48. The van der Waals surface area contributed by atoms with Crippen LogP contribution in [0.5, 0.6) is 11.5 Å². The molecule has 1 aliphatic rings. The van der Waals surface area contributed by atoms with Crippen LogP contribution in [0.2, 0.25) is 0 Å². The van der Waals surface area contributed by atoms with Gasteiger partial charge in [0.25, 0.3) is 5.91 Å². The molecule has 3 atom stereocenters. The van der Waals surface area contributed by atoms with Crippen LogP contribution >= 0.6 is 0 Å². The summed E-state index contributed by atoms with van der Waals surface area (Å²) in [5.41, 5.74) is 5.32. The number of esters is 1. The zero-order valence-electron chi connectivity index (χ0n) is 33.3. The van der Waals surface area contributed by atoms with E-state index in [2.05, 4.69) is 6.58 Å². The highest BCUT2D eigenvalue weighted by atomic mass is 16.5. The highest BCUT2D eigenvalue weighted by Gasteiger charge is 2.50. The lowest BCUT2D eigenvalue weighted by atomic mass is 9.93. The summed E-state index contributed by atoms with van der Waals surface area (Å²) in [6, 6.07) is 42.6. The summed E-state index contributed by atoms with van der Waals surface area (Å²) < 4.78 is 17.6. The fourth-order valence-corrected chi connectivity index (χ4v) is 7.97. The molecule has 7 rings (SSSR count). The summed E-state index contributed by atoms with van der Waals surface area (Å²) >= 11 is 0. The minimum atomic E-state index is -0.891. The van der Waals surface area contributed by atoms with Gasteiger partial charge in [-0.05, 0) is 75.5 Å². The van der Waals surface area contributed by atoms with Crippen molar-refractivity contribution in [2.75, 3.05) is 25.2 Å². The molecule has 9 heteroatoms. The molecular weight excluding hydrogens is 741 g/mol. The van der Waals surface area contributed by atoms with Crippen molar-refractivity contribution in [3.63, 3.8) is 0 Å². The smallest absolute Gasteiger partial charge is 0.302 e. The predicted molar refractivity (Wildman–Crippen MR) is 230 cm³/mol. The van der Waals surface area contributed by atoms with Gasteiger partial charge >= 0.3 is 5.97 Å². The van der Waals surface area contributed by atoms with Crippen molar-refractivity contribution >= 4 is 34.2 Å². The summed E-state index contributed by atoms with van der Waals surface area (Å²) in [6.45, 7) is 5.76. The van der Waals surface area contributed by atoms with E-state index in [1.807, 2.05) is 126 Å². The van der Waals surface area contributed by atoms with Crippen molar-refractivity contribution in [3.05, 3.63) is 174 Å². The van der Waals surface area contributed by atoms with E-state index in [4.69, 9.17) is 14.2 Å². The Bertz CT molecular complexity index is 2410. The molecule has 6 aromatic carbocycles. The summed E-state index contributed by atoms with van der Waals surface area (Å²) in [5, 5.41) is 11.5. The van der Waals surface area contributed by atoms with Crippen molar-refractivity contribution in [1.82, 2.24) is 4.90 Å². The second kappa shape index (κ2) is 18.7. The third kappa shape index (κ3) is 9.06. The van der Waals surface area contributed by atoms with Gasteiger partial charge in [-0.25, -0.2) is 0 Å². The van der Waals surface area contributed by atoms with Gasteiger partial charge in [-0.2, -0.15) is 0 Å². The van der Waals surface area contributed by atoms with Gasteiger partial charge in [-0.15, -0.1) is 6.58 Å². The van der Waals surface area contributed by atoms with Crippen LogP contribution in [0, 0.1) is 0 Å². The number of anilines is 1. The van der Waals surface area contributed by atoms with Gasteiger partial charge in [0.2, 0.25) is 5.91 Å². The van der Waals surface area contributed by atoms with Crippen LogP contribution in [0.4, 0.5) is 5.69 Å². The molecule has 0 fully saturated rings. The Morgan fingerprint density at radius 3 is 2.24 bits per heavy atom. The van der Waals surface area contributed by atoms with Gasteiger partial charge < -0.3 is 24.2 Å². The molecule has 0 saturated heterocycles. The standard InChI is InChI=1S/C50H48N2O7/c1-4-12-46(59-34(2)54)49-48(51(47(55)31-35-19-25-41(57-3)26-20-35)33-40-17-10-16-38-15-8-9-18-43(38)40)44-32-42(58-30-11-29-53)27-28-45(44)52(49)50(56)39-23-21-37(22-24-39)36-13-6-5-7-14-36/h4-10,13-28,32,46,48-49,53H,1,11-12,29-31,33H2,2-3H3/t46?,48-,49+/m0/s1. The lowest BCUT2D eigenvalue weighted by Crippen LogP contribution is -2.53. The molecule has 6 aromatic rings. The molecule has 0 aromatic heterocycles. The largest absolute Gasteiger partial charge is 0.497 e. The van der Waals surface area contributed by atoms with E-state index in [1.54, 1.807) is 36.3 Å². The zero-order valence-corrected chi connectivity index (χ0v) is 33.3.